The van der Waals surface area contributed by atoms with Gasteiger partial charge in [0, 0.05) is 17.1 Å². The molecule has 0 aliphatic carbocycles. The number of amides is 1. The predicted molar refractivity (Wildman–Crippen MR) is 142 cm³/mol. The Morgan fingerprint density at radius 3 is 2.32 bits per heavy atom. The van der Waals surface area contributed by atoms with Crippen LogP contribution in [-0.2, 0) is 21.0 Å². The van der Waals surface area contributed by atoms with Crippen LogP contribution in [0, 0.1) is 0 Å². The lowest BCUT2D eigenvalue weighted by Gasteiger charge is -2.29. The summed E-state index contributed by atoms with van der Waals surface area (Å²) in [4.78, 5) is 25.5. The molecule has 0 spiro atoms. The van der Waals surface area contributed by atoms with Crippen molar-refractivity contribution in [2.24, 2.45) is 0 Å². The molecule has 9 heteroatoms. The molecule has 0 aliphatic rings. The van der Waals surface area contributed by atoms with Gasteiger partial charge in [0.15, 0.2) is 0 Å². The molecule has 0 heterocycles. The van der Waals surface area contributed by atoms with E-state index in [4.69, 9.17) is 16.3 Å². The van der Waals surface area contributed by atoms with E-state index in [1.165, 1.54) is 41.3 Å². The lowest BCUT2D eigenvalue weighted by atomic mass is 10.1. The summed E-state index contributed by atoms with van der Waals surface area (Å²) in [6, 6.07) is 19.0. The largest absolute Gasteiger partial charge is 0.444 e. The number of carbonyl (C=O) groups is 2. The Bertz CT molecular complexity index is 1350. The number of aldehydes is 1. The number of sulfone groups is 1. The van der Waals surface area contributed by atoms with E-state index >= 15 is 0 Å². The topological polar surface area (TPSA) is 101 Å². The van der Waals surface area contributed by atoms with Crippen LogP contribution in [0.1, 0.15) is 48.4 Å². The normalized spacial score (nSPS) is 12.6. The molecule has 1 N–H and O–H groups in total. The number of rotatable bonds is 9. The fraction of sp³-hybridized carbons (Fsp3) is 0.286. The van der Waals surface area contributed by atoms with Crippen LogP contribution < -0.4 is 0 Å². The zero-order valence-corrected chi connectivity index (χ0v) is 22.5. The third-order valence-corrected chi connectivity index (χ3v) is 7.49. The standard InChI is InChI=1S/C28H30ClNO6S/c1-28(2,3)36-27(33)30(18-26(32)22-7-5-8-23(29)17-22)15-14-20-10-12-24(13-11-20)37(34,35)25-9-4-6-21(16-25)19-31/h4-13,16-17,19,26,32H,14-15,18H2,1-3H3. The van der Waals surface area contributed by atoms with Gasteiger partial charge < -0.3 is 14.7 Å². The first-order chi connectivity index (χ1) is 17.4. The molecule has 0 saturated carbocycles. The molecular formula is C28H30ClNO6S. The number of hydrogen-bond acceptors (Lipinski definition) is 6. The third-order valence-electron chi connectivity index (χ3n) is 5.49. The molecule has 0 saturated heterocycles. The maximum absolute atomic E-state index is 13.0. The fourth-order valence-electron chi connectivity index (χ4n) is 3.60. The molecule has 3 rings (SSSR count). The van der Waals surface area contributed by atoms with E-state index in [1.807, 2.05) is 0 Å². The molecule has 1 unspecified atom stereocenters. The summed E-state index contributed by atoms with van der Waals surface area (Å²) < 4.78 is 31.4. The second kappa shape index (κ2) is 11.9. The summed E-state index contributed by atoms with van der Waals surface area (Å²) >= 11 is 6.04. The number of aliphatic hydroxyl groups excluding tert-OH is 1. The second-order valence-electron chi connectivity index (χ2n) is 9.58. The summed E-state index contributed by atoms with van der Waals surface area (Å²) in [7, 11) is -3.79. The van der Waals surface area contributed by atoms with E-state index in [-0.39, 0.29) is 28.4 Å². The molecular weight excluding hydrogens is 514 g/mol. The molecule has 3 aromatic rings. The SMILES string of the molecule is CC(C)(C)OC(=O)N(CCc1ccc(S(=O)(=O)c2cccc(C=O)c2)cc1)CC(O)c1cccc(Cl)c1. The summed E-state index contributed by atoms with van der Waals surface area (Å²) in [5.74, 6) is 0. The highest BCUT2D eigenvalue weighted by Crippen LogP contribution is 2.23. The highest BCUT2D eigenvalue weighted by molar-refractivity contribution is 7.91. The Morgan fingerprint density at radius 2 is 1.70 bits per heavy atom. The van der Waals surface area contributed by atoms with E-state index in [1.54, 1.807) is 57.2 Å². The molecule has 0 aromatic heterocycles. The summed E-state index contributed by atoms with van der Waals surface area (Å²) in [5, 5.41) is 11.2. The number of benzene rings is 3. The molecule has 196 valence electrons. The summed E-state index contributed by atoms with van der Waals surface area (Å²) in [6.07, 6.45) is -0.534. The summed E-state index contributed by atoms with van der Waals surface area (Å²) in [6.45, 7) is 5.52. The number of halogens is 1. The minimum Gasteiger partial charge on any atom is -0.444 e. The van der Waals surface area contributed by atoms with Crippen LogP contribution in [0.15, 0.2) is 82.6 Å². The van der Waals surface area contributed by atoms with E-state index in [9.17, 15) is 23.1 Å². The van der Waals surface area contributed by atoms with Gasteiger partial charge in [-0.2, -0.15) is 0 Å². The molecule has 0 radical (unpaired) electrons. The molecule has 7 nitrogen and oxygen atoms in total. The van der Waals surface area contributed by atoms with Crippen molar-refractivity contribution in [1.29, 1.82) is 0 Å². The zero-order valence-electron chi connectivity index (χ0n) is 20.9. The lowest BCUT2D eigenvalue weighted by molar-refractivity contribution is 0.0147. The zero-order chi connectivity index (χ0) is 27.2. The average molecular weight is 544 g/mol. The smallest absolute Gasteiger partial charge is 0.410 e. The number of hydrogen-bond donors (Lipinski definition) is 1. The van der Waals surface area contributed by atoms with Crippen molar-refractivity contribution in [2.75, 3.05) is 13.1 Å². The van der Waals surface area contributed by atoms with Crippen LogP contribution in [0.25, 0.3) is 0 Å². The van der Waals surface area contributed by atoms with E-state index in [0.717, 1.165) is 5.56 Å². The number of ether oxygens (including phenoxy) is 1. The minimum absolute atomic E-state index is 0.00517. The van der Waals surface area contributed by atoms with Gasteiger partial charge in [0.2, 0.25) is 9.84 Å². The Balaban J connectivity index is 1.75. The second-order valence-corrected chi connectivity index (χ2v) is 12.0. The molecule has 37 heavy (non-hydrogen) atoms. The third kappa shape index (κ3) is 7.89. The predicted octanol–water partition coefficient (Wildman–Crippen LogP) is 5.50. The van der Waals surface area contributed by atoms with Gasteiger partial charge in [-0.05, 0) is 74.7 Å². The molecule has 0 fully saturated rings. The average Bonchev–Trinajstić information content (AvgIpc) is 2.85. The number of nitrogens with zero attached hydrogens (tertiary/aromatic N) is 1. The van der Waals surface area contributed by atoms with E-state index < -0.39 is 27.6 Å². The molecule has 3 aromatic carbocycles. The quantitative estimate of drug-likeness (QED) is 0.358. The first kappa shape index (κ1) is 28.4. The van der Waals surface area contributed by atoms with Crippen molar-refractivity contribution in [1.82, 2.24) is 4.90 Å². The maximum atomic E-state index is 13.0. The summed E-state index contributed by atoms with van der Waals surface area (Å²) in [5.41, 5.74) is 0.939. The Kier molecular flexibility index (Phi) is 9.12. The minimum atomic E-state index is -3.79. The Hall–Kier alpha value is -3.20. The Morgan fingerprint density at radius 1 is 1.03 bits per heavy atom. The van der Waals surface area contributed by atoms with Gasteiger partial charge in [-0.15, -0.1) is 0 Å². The fourth-order valence-corrected chi connectivity index (χ4v) is 5.12. The van der Waals surface area contributed by atoms with Crippen LogP contribution in [-0.4, -0.2) is 49.5 Å². The molecule has 0 bridgehead atoms. The molecule has 1 amide bonds. The van der Waals surface area contributed by atoms with Crippen LogP contribution in [0.5, 0.6) is 0 Å². The first-order valence-electron chi connectivity index (χ1n) is 11.7. The highest BCUT2D eigenvalue weighted by Gasteiger charge is 2.25. The Labute approximate surface area is 222 Å². The van der Waals surface area contributed by atoms with Crippen molar-refractivity contribution < 1.29 is 27.9 Å². The van der Waals surface area contributed by atoms with Crippen LogP contribution in [0.2, 0.25) is 5.02 Å². The van der Waals surface area contributed by atoms with Crippen molar-refractivity contribution in [3.63, 3.8) is 0 Å². The van der Waals surface area contributed by atoms with Crippen LogP contribution in [0.3, 0.4) is 0 Å². The van der Waals surface area contributed by atoms with Gasteiger partial charge >= 0.3 is 6.09 Å². The maximum Gasteiger partial charge on any atom is 0.410 e. The van der Waals surface area contributed by atoms with Crippen molar-refractivity contribution in [3.8, 4) is 0 Å². The van der Waals surface area contributed by atoms with E-state index in [2.05, 4.69) is 0 Å². The highest BCUT2D eigenvalue weighted by atomic mass is 35.5. The number of carbonyl (C=O) groups excluding carboxylic acids is 2. The van der Waals surface area contributed by atoms with Crippen LogP contribution >= 0.6 is 11.6 Å². The van der Waals surface area contributed by atoms with E-state index in [0.29, 0.717) is 23.3 Å². The van der Waals surface area contributed by atoms with Gasteiger partial charge in [-0.3, -0.25) is 4.79 Å². The lowest BCUT2D eigenvalue weighted by Crippen LogP contribution is -2.40. The van der Waals surface area contributed by atoms with Gasteiger partial charge in [0.25, 0.3) is 0 Å². The van der Waals surface area contributed by atoms with Gasteiger partial charge in [-0.1, -0.05) is 48.0 Å². The molecule has 0 aliphatic heterocycles. The monoisotopic (exact) mass is 543 g/mol. The van der Waals surface area contributed by atoms with Crippen LogP contribution in [0.4, 0.5) is 4.79 Å². The van der Waals surface area contributed by atoms with Crippen molar-refractivity contribution in [2.45, 2.75) is 48.7 Å². The van der Waals surface area contributed by atoms with Crippen molar-refractivity contribution >= 4 is 33.8 Å². The van der Waals surface area contributed by atoms with Crippen molar-refractivity contribution in [3.05, 3.63) is 94.5 Å². The van der Waals surface area contributed by atoms with Gasteiger partial charge in [0.1, 0.15) is 11.9 Å². The first-order valence-corrected chi connectivity index (χ1v) is 13.6. The number of aliphatic hydroxyl groups is 1. The molecule has 1 atom stereocenters. The van der Waals surface area contributed by atoms with Gasteiger partial charge in [-0.25, -0.2) is 13.2 Å². The van der Waals surface area contributed by atoms with Gasteiger partial charge in [0.05, 0.1) is 22.4 Å².